The first-order valence-electron chi connectivity index (χ1n) is 11.9. The van der Waals surface area contributed by atoms with E-state index in [1.807, 2.05) is 9.80 Å². The van der Waals surface area contributed by atoms with E-state index in [4.69, 9.17) is 5.11 Å². The summed E-state index contributed by atoms with van der Waals surface area (Å²) in [4.78, 5) is 56.5. The van der Waals surface area contributed by atoms with E-state index in [1.54, 1.807) is 24.4 Å². The van der Waals surface area contributed by atoms with Crippen LogP contribution >= 0.6 is 0 Å². The molecule has 0 bridgehead atoms. The number of aromatic amines is 1. The van der Waals surface area contributed by atoms with Crippen molar-refractivity contribution in [2.45, 2.75) is 31.7 Å². The molecule has 11 nitrogen and oxygen atoms in total. The largest absolute Gasteiger partial charge is 0.481 e. The number of carbonyl (C=O) groups is 4. The van der Waals surface area contributed by atoms with Gasteiger partial charge in [-0.1, -0.05) is 0 Å². The molecule has 0 saturated carbocycles. The quantitative estimate of drug-likeness (QED) is 0.416. The van der Waals surface area contributed by atoms with Gasteiger partial charge in [0.05, 0.1) is 13.0 Å². The number of likely N-dealkylation sites (tertiary alicyclic amines) is 1. The topological polar surface area (TPSA) is 146 Å². The minimum Gasteiger partial charge on any atom is -0.481 e. The molecule has 2 fully saturated rings. The van der Waals surface area contributed by atoms with Gasteiger partial charge in [0.2, 0.25) is 11.8 Å². The minimum absolute atomic E-state index is 0.139. The van der Waals surface area contributed by atoms with Crippen LogP contribution in [0.15, 0.2) is 24.4 Å². The summed E-state index contributed by atoms with van der Waals surface area (Å²) >= 11 is 0. The Hall–Kier alpha value is -3.44. The van der Waals surface area contributed by atoms with Crippen molar-refractivity contribution in [3.8, 4) is 0 Å². The molecule has 2 aliphatic heterocycles. The van der Waals surface area contributed by atoms with Crippen LogP contribution in [0.1, 0.15) is 37.3 Å². The molecule has 2 aromatic rings. The van der Waals surface area contributed by atoms with Crippen molar-refractivity contribution in [3.05, 3.63) is 30.0 Å². The molecule has 1 unspecified atom stereocenters. The lowest BCUT2D eigenvalue weighted by molar-refractivity contribution is -0.145. The van der Waals surface area contributed by atoms with Crippen molar-refractivity contribution < 1.29 is 29.4 Å². The smallest absolute Gasteiger partial charge is 0.325 e. The third-order valence-corrected chi connectivity index (χ3v) is 6.68. The highest BCUT2D eigenvalue weighted by Crippen LogP contribution is 2.31. The van der Waals surface area contributed by atoms with Gasteiger partial charge in [0.25, 0.3) is 0 Å². The van der Waals surface area contributed by atoms with Crippen LogP contribution in [0.3, 0.4) is 0 Å². The summed E-state index contributed by atoms with van der Waals surface area (Å²) in [6.45, 7) is 4.26. The van der Waals surface area contributed by atoms with Gasteiger partial charge < -0.3 is 25.4 Å². The number of carboxylic acids is 2. The lowest BCUT2D eigenvalue weighted by atomic mass is 10.0. The predicted octanol–water partition coefficient (Wildman–Crippen LogP) is 1.34. The molecule has 0 radical (unpaired) electrons. The van der Waals surface area contributed by atoms with Crippen molar-refractivity contribution in [2.75, 3.05) is 51.1 Å². The zero-order valence-electron chi connectivity index (χ0n) is 19.5. The number of carbonyl (C=O) groups excluding carboxylic acids is 2. The fourth-order valence-electron chi connectivity index (χ4n) is 4.81. The van der Waals surface area contributed by atoms with Crippen LogP contribution < -0.4 is 5.32 Å². The first-order valence-corrected chi connectivity index (χ1v) is 11.9. The first-order chi connectivity index (χ1) is 16.8. The van der Waals surface area contributed by atoms with Crippen LogP contribution in [0.2, 0.25) is 0 Å². The zero-order valence-corrected chi connectivity index (χ0v) is 19.5. The second-order valence-corrected chi connectivity index (χ2v) is 9.09. The number of benzene rings is 1. The van der Waals surface area contributed by atoms with Gasteiger partial charge in [-0.25, -0.2) is 0 Å². The molecule has 35 heavy (non-hydrogen) atoms. The average molecular weight is 486 g/mol. The molecule has 3 heterocycles. The summed E-state index contributed by atoms with van der Waals surface area (Å²) in [5.41, 5.74) is 1.81. The van der Waals surface area contributed by atoms with E-state index in [0.717, 1.165) is 31.4 Å². The average Bonchev–Trinajstić information content (AvgIpc) is 3.50. The van der Waals surface area contributed by atoms with Crippen LogP contribution in [0.25, 0.3) is 10.9 Å². The van der Waals surface area contributed by atoms with Crippen LogP contribution in [0, 0.1) is 0 Å². The zero-order chi connectivity index (χ0) is 24.9. The number of piperazine rings is 1. The molecular formula is C24H31N5O6. The Labute approximate surface area is 202 Å². The highest BCUT2D eigenvalue weighted by atomic mass is 16.4. The van der Waals surface area contributed by atoms with Crippen molar-refractivity contribution in [3.63, 3.8) is 0 Å². The number of amides is 2. The van der Waals surface area contributed by atoms with Crippen molar-refractivity contribution >= 4 is 40.3 Å². The maximum absolute atomic E-state index is 12.5. The number of aromatic nitrogens is 1. The first kappa shape index (κ1) is 24.7. The van der Waals surface area contributed by atoms with E-state index < -0.39 is 23.9 Å². The molecule has 0 spiro atoms. The molecule has 1 atom stereocenters. The Morgan fingerprint density at radius 2 is 1.69 bits per heavy atom. The Kier molecular flexibility index (Phi) is 7.67. The monoisotopic (exact) mass is 485 g/mol. The van der Waals surface area contributed by atoms with Crippen molar-refractivity contribution in [1.29, 1.82) is 0 Å². The van der Waals surface area contributed by atoms with E-state index >= 15 is 0 Å². The molecule has 2 saturated heterocycles. The molecule has 4 N–H and O–H groups in total. The van der Waals surface area contributed by atoms with Crippen molar-refractivity contribution in [2.24, 2.45) is 0 Å². The van der Waals surface area contributed by atoms with Gasteiger partial charge in [0, 0.05) is 74.0 Å². The predicted molar refractivity (Wildman–Crippen MR) is 128 cm³/mol. The summed E-state index contributed by atoms with van der Waals surface area (Å²) in [5.74, 6) is -2.30. The maximum atomic E-state index is 12.5. The van der Waals surface area contributed by atoms with Gasteiger partial charge >= 0.3 is 11.9 Å². The van der Waals surface area contributed by atoms with Crippen LogP contribution in [0.4, 0.5) is 5.69 Å². The van der Waals surface area contributed by atoms with Gasteiger partial charge in [-0.2, -0.15) is 0 Å². The summed E-state index contributed by atoms with van der Waals surface area (Å²) < 4.78 is 0. The number of hydrogen-bond acceptors (Lipinski definition) is 6. The molecule has 2 amide bonds. The SMILES string of the molecule is O=C(O)CCC(=O)Nc1ccc2[nH]cc(C(C(=O)O)N3CCN(CC(=O)N4CCCC4)CC3)c2c1. The van der Waals surface area contributed by atoms with Crippen LogP contribution in [-0.2, 0) is 19.2 Å². The minimum atomic E-state index is -1.05. The molecule has 1 aromatic carbocycles. The number of nitrogens with one attached hydrogen (secondary N) is 2. The molecule has 0 aliphatic carbocycles. The Bertz CT molecular complexity index is 1100. The van der Waals surface area contributed by atoms with Gasteiger partial charge in [-0.3, -0.25) is 29.0 Å². The van der Waals surface area contributed by atoms with E-state index in [9.17, 15) is 24.3 Å². The number of carboxylic acid groups (broad SMARTS) is 2. The maximum Gasteiger partial charge on any atom is 0.325 e. The van der Waals surface area contributed by atoms with Crippen LogP contribution in [-0.4, -0.2) is 99.5 Å². The molecule has 2 aliphatic rings. The molecule has 4 rings (SSSR count). The summed E-state index contributed by atoms with van der Waals surface area (Å²) in [6.07, 6.45) is 3.38. The Balaban J connectivity index is 1.44. The number of nitrogens with zero attached hydrogens (tertiary/aromatic N) is 3. The molecular weight excluding hydrogens is 454 g/mol. The third kappa shape index (κ3) is 5.98. The van der Waals surface area contributed by atoms with E-state index in [2.05, 4.69) is 15.2 Å². The highest BCUT2D eigenvalue weighted by Gasteiger charge is 2.33. The highest BCUT2D eigenvalue weighted by molar-refractivity contribution is 5.96. The number of aliphatic carboxylic acids is 2. The normalized spacial score (nSPS) is 18.0. The fourth-order valence-corrected chi connectivity index (χ4v) is 4.81. The van der Waals surface area contributed by atoms with Gasteiger partial charge in [0.1, 0.15) is 6.04 Å². The number of H-pyrrole nitrogens is 1. The van der Waals surface area contributed by atoms with Gasteiger partial charge in [-0.05, 0) is 31.0 Å². The fraction of sp³-hybridized carbons (Fsp3) is 0.500. The van der Waals surface area contributed by atoms with Gasteiger partial charge in [-0.15, -0.1) is 0 Å². The standard InChI is InChI=1S/C24H31N5O6/c30-20(5-6-22(32)33)26-16-3-4-19-17(13-16)18(14-25-19)23(24(34)35)29-11-9-27(10-12-29)15-21(31)28-7-1-2-8-28/h3-4,13-14,23,25H,1-2,5-12,15H2,(H,26,30)(H,32,33)(H,34,35). The van der Waals surface area contributed by atoms with E-state index in [1.165, 1.54) is 0 Å². The summed E-state index contributed by atoms with van der Waals surface area (Å²) in [6, 6.07) is 4.28. The van der Waals surface area contributed by atoms with Crippen molar-refractivity contribution in [1.82, 2.24) is 19.7 Å². The number of hydrogen-bond donors (Lipinski definition) is 4. The second kappa shape index (κ2) is 10.9. The number of anilines is 1. The lowest BCUT2D eigenvalue weighted by Crippen LogP contribution is -2.51. The summed E-state index contributed by atoms with van der Waals surface area (Å²) in [7, 11) is 0. The Morgan fingerprint density at radius 1 is 0.971 bits per heavy atom. The van der Waals surface area contributed by atoms with E-state index in [0.29, 0.717) is 49.4 Å². The van der Waals surface area contributed by atoms with Gasteiger partial charge in [0.15, 0.2) is 0 Å². The lowest BCUT2D eigenvalue weighted by Gasteiger charge is -2.37. The Morgan fingerprint density at radius 3 is 2.34 bits per heavy atom. The second-order valence-electron chi connectivity index (χ2n) is 9.09. The summed E-state index contributed by atoms with van der Waals surface area (Å²) in [5, 5.41) is 22.2. The molecule has 11 heteroatoms. The van der Waals surface area contributed by atoms with Crippen LogP contribution in [0.5, 0.6) is 0 Å². The molecule has 1 aromatic heterocycles. The third-order valence-electron chi connectivity index (χ3n) is 6.68. The number of rotatable bonds is 9. The number of fused-ring (bicyclic) bond motifs is 1. The molecule has 188 valence electrons. The van der Waals surface area contributed by atoms with E-state index in [-0.39, 0.29) is 18.7 Å².